The molecule has 0 unspecified atom stereocenters. The lowest BCUT2D eigenvalue weighted by atomic mass is 10.1. The first-order valence-electron chi connectivity index (χ1n) is 10.0. The molecule has 162 valence electrons. The summed E-state index contributed by atoms with van der Waals surface area (Å²) in [5, 5.41) is 13.6. The number of rotatable bonds is 6. The van der Waals surface area contributed by atoms with Crippen LogP contribution in [0.1, 0.15) is 32.4 Å². The molecular weight excluding hydrogens is 426 g/mol. The number of aryl methyl sites for hydroxylation is 1. The molecule has 3 aromatic rings. The second-order valence-corrected chi connectivity index (χ2v) is 8.57. The van der Waals surface area contributed by atoms with E-state index in [1.165, 1.54) is 12.1 Å². The van der Waals surface area contributed by atoms with Crippen molar-refractivity contribution in [1.82, 2.24) is 4.90 Å². The van der Waals surface area contributed by atoms with Gasteiger partial charge in [0.1, 0.15) is 5.37 Å². The highest BCUT2D eigenvalue weighted by Gasteiger charge is 2.32. The van der Waals surface area contributed by atoms with Gasteiger partial charge in [0.15, 0.2) is 0 Å². The molecule has 0 aromatic heterocycles. The molecule has 1 fully saturated rings. The number of hydrogen-bond acceptors (Lipinski definition) is 5. The summed E-state index contributed by atoms with van der Waals surface area (Å²) >= 11 is 1.57. The first kappa shape index (κ1) is 21.6. The topological polar surface area (TPSA) is 92.5 Å². The number of anilines is 1. The lowest BCUT2D eigenvalue weighted by Gasteiger charge is -2.24. The Balaban J connectivity index is 1.49. The lowest BCUT2D eigenvalue weighted by Crippen LogP contribution is -2.27. The largest absolute Gasteiger partial charge is 0.322 e. The third-order valence-corrected chi connectivity index (χ3v) is 6.56. The van der Waals surface area contributed by atoms with Crippen molar-refractivity contribution < 1.29 is 14.5 Å². The number of amides is 2. The maximum Gasteiger partial charge on any atom is 0.271 e. The molecule has 1 atom stereocenters. The Morgan fingerprint density at radius 3 is 2.53 bits per heavy atom. The Bertz CT molecular complexity index is 1170. The number of benzene rings is 3. The second-order valence-electron chi connectivity index (χ2n) is 7.50. The molecule has 0 spiro atoms. The zero-order chi connectivity index (χ0) is 22.7. The quantitative estimate of drug-likeness (QED) is 0.427. The molecule has 2 amide bonds. The number of carbonyl (C=O) groups is 2. The molecular formula is C24H21N3O4S. The van der Waals surface area contributed by atoms with E-state index in [0.717, 1.165) is 16.7 Å². The molecule has 1 heterocycles. The van der Waals surface area contributed by atoms with E-state index in [4.69, 9.17) is 0 Å². The predicted molar refractivity (Wildman–Crippen MR) is 124 cm³/mol. The van der Waals surface area contributed by atoms with E-state index in [0.29, 0.717) is 23.5 Å². The van der Waals surface area contributed by atoms with Crippen molar-refractivity contribution in [2.24, 2.45) is 0 Å². The Kier molecular flexibility index (Phi) is 6.23. The molecule has 0 bridgehead atoms. The summed E-state index contributed by atoms with van der Waals surface area (Å²) in [5.74, 6) is 0.162. The normalized spacial score (nSPS) is 15.6. The monoisotopic (exact) mass is 447 g/mol. The molecule has 0 radical (unpaired) electrons. The van der Waals surface area contributed by atoms with Gasteiger partial charge in [-0.25, -0.2) is 0 Å². The van der Waals surface area contributed by atoms with Gasteiger partial charge < -0.3 is 10.2 Å². The van der Waals surface area contributed by atoms with E-state index in [1.54, 1.807) is 36.9 Å². The summed E-state index contributed by atoms with van der Waals surface area (Å²) in [7, 11) is 0. The van der Waals surface area contributed by atoms with E-state index >= 15 is 0 Å². The Morgan fingerprint density at radius 2 is 1.84 bits per heavy atom. The van der Waals surface area contributed by atoms with Crippen molar-refractivity contribution >= 4 is 35.0 Å². The van der Waals surface area contributed by atoms with Crippen LogP contribution in [0.4, 0.5) is 11.4 Å². The summed E-state index contributed by atoms with van der Waals surface area (Å²) in [4.78, 5) is 37.5. The van der Waals surface area contributed by atoms with E-state index in [2.05, 4.69) is 5.32 Å². The summed E-state index contributed by atoms with van der Waals surface area (Å²) in [6.07, 6.45) is 0. The molecule has 1 aliphatic heterocycles. The highest BCUT2D eigenvalue weighted by molar-refractivity contribution is 8.00. The molecule has 1 saturated heterocycles. The van der Waals surface area contributed by atoms with Gasteiger partial charge in [0.25, 0.3) is 11.6 Å². The van der Waals surface area contributed by atoms with Gasteiger partial charge in [-0.05, 0) is 35.7 Å². The molecule has 0 aliphatic carbocycles. The first-order valence-corrected chi connectivity index (χ1v) is 11.1. The number of hydrogen-bond donors (Lipinski definition) is 1. The molecule has 7 nitrogen and oxygen atoms in total. The average Bonchev–Trinajstić information content (AvgIpc) is 3.16. The first-order chi connectivity index (χ1) is 15.4. The minimum atomic E-state index is -0.494. The maximum atomic E-state index is 12.7. The maximum absolute atomic E-state index is 12.7. The third kappa shape index (κ3) is 4.65. The molecule has 8 heteroatoms. The van der Waals surface area contributed by atoms with Crippen LogP contribution in [0.2, 0.25) is 0 Å². The standard InChI is InChI=1S/C24H21N3O4S/c1-16-7-12-20(27(30)31)13-21(16)25-23(29)18-8-10-19(11-9-18)24-26(22(28)15-32-24)14-17-5-3-2-4-6-17/h2-13,24H,14-15H2,1H3,(H,25,29)/t24-/m0/s1. The highest BCUT2D eigenvalue weighted by atomic mass is 32.2. The molecule has 4 rings (SSSR count). The number of thioether (sulfide) groups is 1. The summed E-state index contributed by atoms with van der Waals surface area (Å²) < 4.78 is 0. The average molecular weight is 448 g/mol. The minimum Gasteiger partial charge on any atom is -0.322 e. The van der Waals surface area contributed by atoms with Crippen molar-refractivity contribution in [3.05, 3.63) is 105 Å². The SMILES string of the molecule is Cc1ccc([N+](=O)[O-])cc1NC(=O)c1ccc([C@@H]2SCC(=O)N2Cc2ccccc2)cc1. The van der Waals surface area contributed by atoms with Gasteiger partial charge in [-0.1, -0.05) is 48.5 Å². The van der Waals surface area contributed by atoms with E-state index in [-0.39, 0.29) is 22.9 Å². The van der Waals surface area contributed by atoms with Crippen molar-refractivity contribution in [2.45, 2.75) is 18.8 Å². The summed E-state index contributed by atoms with van der Waals surface area (Å²) in [6.45, 7) is 2.31. The van der Waals surface area contributed by atoms with Gasteiger partial charge in [0, 0.05) is 24.2 Å². The van der Waals surface area contributed by atoms with Gasteiger partial charge in [-0.2, -0.15) is 0 Å². The zero-order valence-electron chi connectivity index (χ0n) is 17.4. The Labute approximate surface area is 189 Å². The predicted octanol–water partition coefficient (Wildman–Crippen LogP) is 4.93. The van der Waals surface area contributed by atoms with Crippen LogP contribution in [0.5, 0.6) is 0 Å². The molecule has 1 N–H and O–H groups in total. The lowest BCUT2D eigenvalue weighted by molar-refractivity contribution is -0.384. The highest BCUT2D eigenvalue weighted by Crippen LogP contribution is 2.39. The van der Waals surface area contributed by atoms with E-state index < -0.39 is 4.92 Å². The van der Waals surface area contributed by atoms with Crippen LogP contribution in [0.25, 0.3) is 0 Å². The van der Waals surface area contributed by atoms with Crippen molar-refractivity contribution in [3.8, 4) is 0 Å². The van der Waals surface area contributed by atoms with Gasteiger partial charge in [-0.15, -0.1) is 11.8 Å². The number of non-ortho nitro benzene ring substituents is 1. The molecule has 1 aliphatic rings. The van der Waals surface area contributed by atoms with Crippen LogP contribution in [-0.2, 0) is 11.3 Å². The Hall–Kier alpha value is -3.65. The Morgan fingerprint density at radius 1 is 1.12 bits per heavy atom. The minimum absolute atomic E-state index is 0.0809. The number of nitrogens with zero attached hydrogens (tertiary/aromatic N) is 2. The van der Waals surface area contributed by atoms with E-state index in [9.17, 15) is 19.7 Å². The van der Waals surface area contributed by atoms with E-state index in [1.807, 2.05) is 47.4 Å². The fraction of sp³-hybridized carbons (Fsp3) is 0.167. The second kappa shape index (κ2) is 9.23. The smallest absolute Gasteiger partial charge is 0.271 e. The number of nitrogens with one attached hydrogen (secondary N) is 1. The fourth-order valence-electron chi connectivity index (χ4n) is 3.53. The number of nitro benzene ring substituents is 1. The van der Waals surface area contributed by atoms with Gasteiger partial charge in [0.2, 0.25) is 5.91 Å². The number of carbonyl (C=O) groups excluding carboxylic acids is 2. The fourth-order valence-corrected chi connectivity index (χ4v) is 4.72. The van der Waals surface area contributed by atoms with Crippen LogP contribution >= 0.6 is 11.8 Å². The van der Waals surface area contributed by atoms with Crippen LogP contribution < -0.4 is 5.32 Å². The summed E-state index contributed by atoms with van der Waals surface area (Å²) in [6, 6.07) is 21.3. The van der Waals surface area contributed by atoms with Crippen LogP contribution in [-0.4, -0.2) is 27.4 Å². The van der Waals surface area contributed by atoms with Gasteiger partial charge in [-0.3, -0.25) is 19.7 Å². The van der Waals surface area contributed by atoms with Crippen LogP contribution in [0.3, 0.4) is 0 Å². The molecule has 0 saturated carbocycles. The third-order valence-electron chi connectivity index (χ3n) is 5.30. The van der Waals surface area contributed by atoms with Crippen molar-refractivity contribution in [1.29, 1.82) is 0 Å². The molecule has 32 heavy (non-hydrogen) atoms. The zero-order valence-corrected chi connectivity index (χ0v) is 18.2. The molecule has 3 aromatic carbocycles. The van der Waals surface area contributed by atoms with Gasteiger partial charge >= 0.3 is 0 Å². The van der Waals surface area contributed by atoms with Gasteiger partial charge in [0.05, 0.1) is 16.4 Å². The van der Waals surface area contributed by atoms with Crippen LogP contribution in [0.15, 0.2) is 72.8 Å². The number of nitro groups is 1. The van der Waals surface area contributed by atoms with Crippen LogP contribution in [0, 0.1) is 17.0 Å². The summed E-state index contributed by atoms with van der Waals surface area (Å²) in [5.41, 5.74) is 3.50. The van der Waals surface area contributed by atoms with Crippen molar-refractivity contribution in [2.75, 3.05) is 11.1 Å². The van der Waals surface area contributed by atoms with Crippen molar-refractivity contribution in [3.63, 3.8) is 0 Å².